The lowest BCUT2D eigenvalue weighted by atomic mass is 10.3. The van der Waals surface area contributed by atoms with E-state index in [0.717, 1.165) is 13.0 Å². The van der Waals surface area contributed by atoms with Crippen molar-refractivity contribution >= 4 is 11.9 Å². The molecule has 0 aliphatic rings. The van der Waals surface area contributed by atoms with Crippen LogP contribution in [0.2, 0.25) is 0 Å². The van der Waals surface area contributed by atoms with Gasteiger partial charge < -0.3 is 20.2 Å². The van der Waals surface area contributed by atoms with E-state index in [0.29, 0.717) is 0 Å². The van der Waals surface area contributed by atoms with Gasteiger partial charge in [-0.15, -0.1) is 0 Å². The van der Waals surface area contributed by atoms with Crippen molar-refractivity contribution in [2.24, 2.45) is 0 Å². The van der Waals surface area contributed by atoms with Crippen LogP contribution in [0.3, 0.4) is 0 Å². The molecule has 1 unspecified atom stereocenters. The normalized spacial score (nSPS) is 11.5. The summed E-state index contributed by atoms with van der Waals surface area (Å²) in [5.74, 6) is -3.65. The Balaban J connectivity index is 0. The number of aliphatic hydroxyl groups is 1. The zero-order chi connectivity index (χ0) is 11.7. The smallest absolute Gasteiger partial charge is 0.414 e. The number of likely N-dealkylation sites (N-methyl/N-ethyl adjacent to an activating group) is 1. The molecule has 0 saturated carbocycles. The van der Waals surface area contributed by atoms with Crippen LogP contribution in [-0.2, 0) is 9.59 Å². The van der Waals surface area contributed by atoms with E-state index < -0.39 is 11.9 Å². The first-order valence-electron chi connectivity index (χ1n) is 4.10. The SMILES string of the molecule is CCC(O)CN(C)C.O=C(O)C(=O)O. The fourth-order valence-corrected chi connectivity index (χ4v) is 0.551. The van der Waals surface area contributed by atoms with Crippen LogP contribution in [0.1, 0.15) is 13.3 Å². The van der Waals surface area contributed by atoms with E-state index in [1.807, 2.05) is 25.9 Å². The second-order valence-corrected chi connectivity index (χ2v) is 2.93. The summed E-state index contributed by atoms with van der Waals surface area (Å²) in [7, 11) is 3.91. The lowest BCUT2D eigenvalue weighted by Crippen LogP contribution is -2.24. The first-order chi connectivity index (χ1) is 6.31. The van der Waals surface area contributed by atoms with Crippen LogP contribution < -0.4 is 0 Å². The van der Waals surface area contributed by atoms with Gasteiger partial charge in [0.25, 0.3) is 0 Å². The molecule has 0 aromatic heterocycles. The van der Waals surface area contributed by atoms with Crippen LogP contribution in [0.4, 0.5) is 0 Å². The lowest BCUT2D eigenvalue weighted by Gasteiger charge is -2.13. The van der Waals surface area contributed by atoms with Gasteiger partial charge in [-0.1, -0.05) is 6.92 Å². The standard InChI is InChI=1S/C6H15NO.C2H2O4/c1-4-6(8)5-7(2)3;3-1(4)2(5)6/h6,8H,4-5H2,1-3H3;(H,3,4)(H,5,6). The average molecular weight is 207 g/mol. The van der Waals surface area contributed by atoms with Gasteiger partial charge in [-0.25, -0.2) is 9.59 Å². The summed E-state index contributed by atoms with van der Waals surface area (Å²) in [5, 5.41) is 23.8. The molecule has 0 spiro atoms. The maximum Gasteiger partial charge on any atom is 0.414 e. The quantitative estimate of drug-likeness (QED) is 0.538. The number of hydrogen-bond acceptors (Lipinski definition) is 4. The summed E-state index contributed by atoms with van der Waals surface area (Å²) in [6.07, 6.45) is 0.697. The number of aliphatic carboxylic acids is 2. The van der Waals surface area contributed by atoms with Crippen molar-refractivity contribution in [3.8, 4) is 0 Å². The minimum absolute atomic E-state index is 0.148. The summed E-state index contributed by atoms with van der Waals surface area (Å²) >= 11 is 0. The van der Waals surface area contributed by atoms with Gasteiger partial charge >= 0.3 is 11.9 Å². The first kappa shape index (κ1) is 15.3. The van der Waals surface area contributed by atoms with E-state index in [4.69, 9.17) is 24.9 Å². The lowest BCUT2D eigenvalue weighted by molar-refractivity contribution is -0.159. The van der Waals surface area contributed by atoms with Gasteiger partial charge in [0.1, 0.15) is 0 Å². The molecule has 0 radical (unpaired) electrons. The Morgan fingerprint density at radius 3 is 1.64 bits per heavy atom. The van der Waals surface area contributed by atoms with Gasteiger partial charge in [0.2, 0.25) is 0 Å². The maximum absolute atomic E-state index is 9.10. The molecular weight excluding hydrogens is 190 g/mol. The van der Waals surface area contributed by atoms with Crippen LogP contribution >= 0.6 is 0 Å². The third-order valence-corrected chi connectivity index (χ3v) is 1.23. The molecule has 0 aliphatic carbocycles. The molecule has 3 N–H and O–H groups in total. The highest BCUT2D eigenvalue weighted by atomic mass is 16.4. The Morgan fingerprint density at radius 2 is 1.57 bits per heavy atom. The molecule has 0 amide bonds. The van der Waals surface area contributed by atoms with E-state index in [1.165, 1.54) is 0 Å². The zero-order valence-electron chi connectivity index (χ0n) is 8.60. The van der Waals surface area contributed by atoms with Gasteiger partial charge in [0, 0.05) is 6.54 Å². The molecule has 0 saturated heterocycles. The molecule has 84 valence electrons. The van der Waals surface area contributed by atoms with Crippen LogP contribution in [0.15, 0.2) is 0 Å². The zero-order valence-corrected chi connectivity index (χ0v) is 8.60. The maximum atomic E-state index is 9.10. The van der Waals surface area contributed by atoms with Crippen molar-refractivity contribution in [1.29, 1.82) is 0 Å². The predicted octanol–water partition coefficient (Wildman–Crippen LogP) is -0.525. The van der Waals surface area contributed by atoms with Gasteiger partial charge in [-0.2, -0.15) is 0 Å². The Hall–Kier alpha value is -1.14. The molecule has 0 heterocycles. The van der Waals surface area contributed by atoms with Crippen LogP contribution in [-0.4, -0.2) is 58.9 Å². The molecular formula is C8H17NO5. The molecule has 1 atom stereocenters. The van der Waals surface area contributed by atoms with Crippen molar-refractivity contribution < 1.29 is 24.9 Å². The molecule has 6 nitrogen and oxygen atoms in total. The number of carboxylic acid groups (broad SMARTS) is 2. The van der Waals surface area contributed by atoms with E-state index in [-0.39, 0.29) is 6.10 Å². The number of carboxylic acids is 2. The third-order valence-electron chi connectivity index (χ3n) is 1.23. The highest BCUT2D eigenvalue weighted by Crippen LogP contribution is 1.89. The largest absolute Gasteiger partial charge is 0.473 e. The topological polar surface area (TPSA) is 98.1 Å². The summed E-state index contributed by atoms with van der Waals surface area (Å²) < 4.78 is 0. The van der Waals surface area contributed by atoms with Crippen molar-refractivity contribution in [2.45, 2.75) is 19.4 Å². The van der Waals surface area contributed by atoms with Crippen LogP contribution in [0.25, 0.3) is 0 Å². The van der Waals surface area contributed by atoms with Crippen LogP contribution in [0, 0.1) is 0 Å². The number of hydrogen-bond donors (Lipinski definition) is 3. The fourth-order valence-electron chi connectivity index (χ4n) is 0.551. The van der Waals surface area contributed by atoms with Crippen molar-refractivity contribution in [3.63, 3.8) is 0 Å². The molecule has 0 aliphatic heterocycles. The van der Waals surface area contributed by atoms with Gasteiger partial charge in [0.05, 0.1) is 6.10 Å². The monoisotopic (exact) mass is 207 g/mol. The molecule has 0 aromatic rings. The Kier molecular flexibility index (Phi) is 9.27. The second kappa shape index (κ2) is 8.46. The van der Waals surface area contributed by atoms with Crippen molar-refractivity contribution in [3.05, 3.63) is 0 Å². The highest BCUT2D eigenvalue weighted by Gasteiger charge is 2.04. The minimum Gasteiger partial charge on any atom is -0.473 e. The van der Waals surface area contributed by atoms with Crippen LogP contribution in [0.5, 0.6) is 0 Å². The molecule has 0 rings (SSSR count). The Bertz CT molecular complexity index is 169. The molecule has 0 aromatic carbocycles. The predicted molar refractivity (Wildman–Crippen MR) is 50.1 cm³/mol. The average Bonchev–Trinajstić information content (AvgIpc) is 2.04. The van der Waals surface area contributed by atoms with E-state index in [9.17, 15) is 0 Å². The summed E-state index contributed by atoms with van der Waals surface area (Å²) in [4.78, 5) is 20.2. The molecule has 6 heteroatoms. The Morgan fingerprint density at radius 1 is 1.21 bits per heavy atom. The third kappa shape index (κ3) is 13.4. The summed E-state index contributed by atoms with van der Waals surface area (Å²) in [6, 6.07) is 0. The summed E-state index contributed by atoms with van der Waals surface area (Å²) in [5.41, 5.74) is 0. The van der Waals surface area contributed by atoms with Gasteiger partial charge in [-0.05, 0) is 20.5 Å². The van der Waals surface area contributed by atoms with Gasteiger partial charge in [-0.3, -0.25) is 0 Å². The van der Waals surface area contributed by atoms with Gasteiger partial charge in [0.15, 0.2) is 0 Å². The summed E-state index contributed by atoms with van der Waals surface area (Å²) in [6.45, 7) is 2.75. The van der Waals surface area contributed by atoms with Crippen molar-refractivity contribution in [1.82, 2.24) is 4.90 Å². The number of nitrogens with zero attached hydrogens (tertiary/aromatic N) is 1. The number of carbonyl (C=O) groups is 2. The highest BCUT2D eigenvalue weighted by molar-refractivity contribution is 6.27. The Labute approximate surface area is 82.8 Å². The second-order valence-electron chi connectivity index (χ2n) is 2.93. The van der Waals surface area contributed by atoms with E-state index >= 15 is 0 Å². The number of aliphatic hydroxyl groups excluding tert-OH is 1. The molecule has 0 fully saturated rings. The van der Waals surface area contributed by atoms with E-state index in [1.54, 1.807) is 0 Å². The fraction of sp³-hybridized carbons (Fsp3) is 0.750. The molecule has 0 bridgehead atoms. The first-order valence-corrected chi connectivity index (χ1v) is 4.10. The molecule has 14 heavy (non-hydrogen) atoms. The van der Waals surface area contributed by atoms with Crippen molar-refractivity contribution in [2.75, 3.05) is 20.6 Å². The van der Waals surface area contributed by atoms with E-state index in [2.05, 4.69) is 0 Å². The number of rotatable bonds is 3. The minimum atomic E-state index is -1.82.